The van der Waals surface area contributed by atoms with E-state index >= 15 is 0 Å². The highest BCUT2D eigenvalue weighted by atomic mass is 79.9. The third-order valence-corrected chi connectivity index (χ3v) is 5.11. The number of aliphatic imine (C=N–C) groups is 1. The summed E-state index contributed by atoms with van der Waals surface area (Å²) < 4.78 is 0.905. The van der Waals surface area contributed by atoms with Crippen LogP contribution in [-0.2, 0) is 0 Å². The van der Waals surface area contributed by atoms with Crippen LogP contribution in [0.15, 0.2) is 100 Å². The van der Waals surface area contributed by atoms with Gasteiger partial charge in [-0.05, 0) is 36.4 Å². The van der Waals surface area contributed by atoms with Gasteiger partial charge in [0.2, 0.25) is 0 Å². The van der Waals surface area contributed by atoms with Gasteiger partial charge < -0.3 is 5.32 Å². The third-order valence-electron chi connectivity index (χ3n) is 4.58. The number of amides is 2. The standard InChI is InChI=1S/C24H19BrN6O2/c25-18-12-10-17(11-13-18)23(31-33)26-20-8-4-5-9-21(20)27-24(32)28-22-15-14-19(29-30-22)16-6-2-1-3-7-16/h1-15,33H,(H,26,31)(H2,27,28,30,32). The number of halogens is 1. The molecule has 0 aliphatic rings. The Hall–Kier alpha value is -4.08. The average Bonchev–Trinajstić information content (AvgIpc) is 2.85. The minimum Gasteiger partial charge on any atom is -0.306 e. The largest absolute Gasteiger partial charge is 0.324 e. The normalized spacial score (nSPS) is 11.0. The van der Waals surface area contributed by atoms with Crippen LogP contribution in [0.1, 0.15) is 5.56 Å². The summed E-state index contributed by atoms with van der Waals surface area (Å²) in [5.41, 5.74) is 5.34. The summed E-state index contributed by atoms with van der Waals surface area (Å²) in [5, 5.41) is 23.2. The highest BCUT2D eigenvalue weighted by Crippen LogP contribution is 2.25. The van der Waals surface area contributed by atoms with E-state index in [4.69, 9.17) is 0 Å². The van der Waals surface area contributed by atoms with Crippen LogP contribution in [0, 0.1) is 0 Å². The molecule has 0 unspecified atom stereocenters. The fourth-order valence-corrected chi connectivity index (χ4v) is 3.26. The number of anilines is 2. The van der Waals surface area contributed by atoms with E-state index in [1.807, 2.05) is 42.5 Å². The summed E-state index contributed by atoms with van der Waals surface area (Å²) in [7, 11) is 0. The number of nitrogens with zero attached hydrogens (tertiary/aromatic N) is 3. The molecule has 9 heteroatoms. The Kier molecular flexibility index (Phi) is 7.03. The number of carbonyl (C=O) groups excluding carboxylic acids is 1. The third kappa shape index (κ3) is 5.79. The summed E-state index contributed by atoms with van der Waals surface area (Å²) in [6.45, 7) is 0. The number of benzene rings is 3. The lowest BCUT2D eigenvalue weighted by atomic mass is 10.1. The zero-order chi connectivity index (χ0) is 23.0. The van der Waals surface area contributed by atoms with Crippen LogP contribution in [0.2, 0.25) is 0 Å². The van der Waals surface area contributed by atoms with Gasteiger partial charge in [0.25, 0.3) is 0 Å². The van der Waals surface area contributed by atoms with E-state index in [0.717, 1.165) is 10.0 Å². The van der Waals surface area contributed by atoms with Gasteiger partial charge in [-0.1, -0.05) is 70.5 Å². The molecule has 33 heavy (non-hydrogen) atoms. The van der Waals surface area contributed by atoms with Gasteiger partial charge in [0.05, 0.1) is 17.1 Å². The molecule has 0 radical (unpaired) electrons. The van der Waals surface area contributed by atoms with Crippen molar-refractivity contribution in [2.24, 2.45) is 4.99 Å². The van der Waals surface area contributed by atoms with Crippen molar-refractivity contribution >= 4 is 45.0 Å². The highest BCUT2D eigenvalue weighted by Gasteiger charge is 2.10. The average molecular weight is 503 g/mol. The zero-order valence-electron chi connectivity index (χ0n) is 17.2. The zero-order valence-corrected chi connectivity index (χ0v) is 18.8. The first-order chi connectivity index (χ1) is 16.1. The molecule has 0 aliphatic carbocycles. The van der Waals surface area contributed by atoms with E-state index in [9.17, 15) is 10.0 Å². The molecule has 0 fully saturated rings. The molecule has 0 saturated carbocycles. The first-order valence-corrected chi connectivity index (χ1v) is 10.7. The van der Waals surface area contributed by atoms with E-state index in [0.29, 0.717) is 28.5 Å². The number of rotatable bonds is 5. The molecule has 4 rings (SSSR count). The van der Waals surface area contributed by atoms with Crippen molar-refractivity contribution in [3.63, 3.8) is 0 Å². The summed E-state index contributed by atoms with van der Waals surface area (Å²) in [6, 6.07) is 26.9. The smallest absolute Gasteiger partial charge is 0.306 e. The van der Waals surface area contributed by atoms with Crippen LogP contribution in [0.25, 0.3) is 11.3 Å². The molecule has 0 saturated heterocycles. The van der Waals surface area contributed by atoms with Gasteiger partial charge in [-0.2, -0.15) is 0 Å². The molecule has 4 N–H and O–H groups in total. The molecule has 164 valence electrons. The summed E-state index contributed by atoms with van der Waals surface area (Å²) in [6.07, 6.45) is 0. The lowest BCUT2D eigenvalue weighted by molar-refractivity contribution is 0.235. The van der Waals surface area contributed by atoms with Gasteiger partial charge in [-0.15, -0.1) is 10.2 Å². The monoisotopic (exact) mass is 502 g/mol. The molecule has 8 nitrogen and oxygen atoms in total. The lowest BCUT2D eigenvalue weighted by Crippen LogP contribution is -2.21. The summed E-state index contributed by atoms with van der Waals surface area (Å²) in [5.74, 6) is 0.542. The van der Waals surface area contributed by atoms with Crippen LogP contribution in [0.5, 0.6) is 0 Å². The van der Waals surface area contributed by atoms with Gasteiger partial charge in [0.15, 0.2) is 11.7 Å². The van der Waals surface area contributed by atoms with Crippen molar-refractivity contribution in [2.45, 2.75) is 0 Å². The molecular formula is C24H19BrN6O2. The van der Waals surface area contributed by atoms with Gasteiger partial charge in [0, 0.05) is 15.6 Å². The van der Waals surface area contributed by atoms with Gasteiger partial charge >= 0.3 is 6.03 Å². The maximum absolute atomic E-state index is 12.5. The van der Waals surface area contributed by atoms with Crippen molar-refractivity contribution in [1.82, 2.24) is 15.7 Å². The maximum Gasteiger partial charge on any atom is 0.324 e. The maximum atomic E-state index is 12.5. The molecule has 0 aliphatic heterocycles. The first kappa shape index (κ1) is 22.1. The number of urea groups is 1. The van der Waals surface area contributed by atoms with Crippen LogP contribution in [-0.4, -0.2) is 27.3 Å². The fourth-order valence-electron chi connectivity index (χ4n) is 2.99. The SMILES string of the molecule is O=C(Nc1ccc(-c2ccccc2)nn1)Nc1ccccc1N=C(NO)c1ccc(Br)cc1. The van der Waals surface area contributed by atoms with Crippen LogP contribution < -0.4 is 16.1 Å². The number of para-hydroxylation sites is 2. The van der Waals surface area contributed by atoms with Crippen LogP contribution >= 0.6 is 15.9 Å². The van der Waals surface area contributed by atoms with Crippen LogP contribution in [0.3, 0.4) is 0 Å². The molecule has 0 spiro atoms. The van der Waals surface area contributed by atoms with Gasteiger partial charge in [-0.3, -0.25) is 16.0 Å². The predicted octanol–water partition coefficient (Wildman–Crippen LogP) is 5.61. The van der Waals surface area contributed by atoms with Crippen LogP contribution in [0.4, 0.5) is 22.0 Å². The number of aromatic nitrogens is 2. The Morgan fingerprint density at radius 3 is 2.24 bits per heavy atom. The number of carbonyl (C=O) groups is 1. The minimum atomic E-state index is -0.499. The highest BCUT2D eigenvalue weighted by molar-refractivity contribution is 9.10. The number of hydrogen-bond acceptors (Lipinski definition) is 5. The minimum absolute atomic E-state index is 0.236. The number of amidine groups is 1. The van der Waals surface area contributed by atoms with Crippen molar-refractivity contribution in [3.05, 3.63) is 101 Å². The lowest BCUT2D eigenvalue weighted by Gasteiger charge is -2.11. The second-order valence-corrected chi connectivity index (χ2v) is 7.76. The van der Waals surface area contributed by atoms with Gasteiger partial charge in [-0.25, -0.2) is 9.79 Å². The number of hydroxylamine groups is 1. The topological polar surface area (TPSA) is 112 Å². The second kappa shape index (κ2) is 10.5. The Morgan fingerprint density at radius 1 is 0.818 bits per heavy atom. The Labute approximate surface area is 198 Å². The molecule has 2 amide bonds. The Balaban J connectivity index is 1.48. The molecule has 4 aromatic rings. The van der Waals surface area contributed by atoms with Crippen molar-refractivity contribution in [1.29, 1.82) is 0 Å². The quantitative estimate of drug-likeness (QED) is 0.161. The van der Waals surface area contributed by atoms with E-state index in [1.165, 1.54) is 0 Å². The Morgan fingerprint density at radius 2 is 1.55 bits per heavy atom. The molecular weight excluding hydrogens is 484 g/mol. The fraction of sp³-hybridized carbons (Fsp3) is 0. The molecule has 1 heterocycles. The van der Waals surface area contributed by atoms with Crippen molar-refractivity contribution < 1.29 is 10.0 Å². The van der Waals surface area contributed by atoms with Gasteiger partial charge in [0.1, 0.15) is 0 Å². The first-order valence-electron chi connectivity index (χ1n) is 9.93. The molecule has 1 aromatic heterocycles. The van der Waals surface area contributed by atoms with E-state index in [2.05, 4.69) is 47.2 Å². The number of nitrogens with one attached hydrogen (secondary N) is 3. The van der Waals surface area contributed by atoms with Crippen molar-refractivity contribution in [2.75, 3.05) is 10.6 Å². The van der Waals surface area contributed by atoms with E-state index in [-0.39, 0.29) is 5.84 Å². The summed E-state index contributed by atoms with van der Waals surface area (Å²) >= 11 is 3.38. The molecule has 0 atom stereocenters. The number of hydrogen-bond donors (Lipinski definition) is 4. The summed E-state index contributed by atoms with van der Waals surface area (Å²) in [4.78, 5) is 17.0. The Bertz CT molecular complexity index is 1260. The predicted molar refractivity (Wildman–Crippen MR) is 132 cm³/mol. The van der Waals surface area contributed by atoms with E-state index < -0.39 is 6.03 Å². The second-order valence-electron chi connectivity index (χ2n) is 6.85. The van der Waals surface area contributed by atoms with Crippen molar-refractivity contribution in [3.8, 4) is 11.3 Å². The molecule has 0 bridgehead atoms. The molecule has 3 aromatic carbocycles. The van der Waals surface area contributed by atoms with E-state index in [1.54, 1.807) is 48.5 Å².